The zero-order valence-electron chi connectivity index (χ0n) is 15.0. The highest BCUT2D eigenvalue weighted by Gasteiger charge is 2.35. The van der Waals surface area contributed by atoms with Crippen molar-refractivity contribution in [2.45, 2.75) is 50.6 Å². The second kappa shape index (κ2) is 8.12. The molecule has 1 saturated carbocycles. The van der Waals surface area contributed by atoms with Crippen LogP contribution in [0.25, 0.3) is 11.4 Å². The van der Waals surface area contributed by atoms with Crippen molar-refractivity contribution in [1.82, 2.24) is 20.1 Å². The van der Waals surface area contributed by atoms with Crippen LogP contribution in [0.2, 0.25) is 0 Å². The molecule has 0 aromatic carbocycles. The molecule has 2 aromatic heterocycles. The smallest absolute Gasteiger partial charge is 0.333 e. The number of hydrogen-bond donors (Lipinski definition) is 1. The summed E-state index contributed by atoms with van der Waals surface area (Å²) in [4.78, 5) is 15.8. The monoisotopic (exact) mass is 396 g/mol. The van der Waals surface area contributed by atoms with Gasteiger partial charge in [-0.2, -0.15) is 13.9 Å². The number of carbonyl (C=O) groups is 1. The maximum Gasteiger partial charge on any atom is 0.333 e. The fourth-order valence-corrected chi connectivity index (χ4v) is 3.28. The lowest BCUT2D eigenvalue weighted by molar-refractivity contribution is -0.116. The van der Waals surface area contributed by atoms with Gasteiger partial charge in [-0.3, -0.25) is 4.79 Å². The number of aromatic nitrogens is 3. The number of pyridine rings is 1. The Morgan fingerprint density at radius 2 is 2.04 bits per heavy atom. The zero-order valence-corrected chi connectivity index (χ0v) is 15.0. The molecule has 1 aliphatic carbocycles. The third-order valence-electron chi connectivity index (χ3n) is 4.79. The Bertz CT molecular complexity index is 855. The molecule has 1 amide bonds. The van der Waals surface area contributed by atoms with Crippen LogP contribution in [0.15, 0.2) is 37.1 Å². The molecule has 2 aromatic rings. The van der Waals surface area contributed by atoms with E-state index in [0.717, 1.165) is 17.8 Å². The van der Waals surface area contributed by atoms with Crippen molar-refractivity contribution >= 4 is 5.91 Å². The van der Waals surface area contributed by atoms with Gasteiger partial charge in [0.15, 0.2) is 0 Å². The van der Waals surface area contributed by atoms with Crippen LogP contribution in [-0.4, -0.2) is 26.6 Å². The molecule has 2 heterocycles. The van der Waals surface area contributed by atoms with E-state index in [1.165, 1.54) is 6.07 Å². The fourth-order valence-electron chi connectivity index (χ4n) is 3.28. The first kappa shape index (κ1) is 20.0. The van der Waals surface area contributed by atoms with Gasteiger partial charge >= 0.3 is 6.55 Å². The molecular formula is C19H20F4N4O. The van der Waals surface area contributed by atoms with Gasteiger partial charge in [-0.05, 0) is 48.6 Å². The Morgan fingerprint density at radius 3 is 2.64 bits per heavy atom. The van der Waals surface area contributed by atoms with Crippen LogP contribution in [0.5, 0.6) is 0 Å². The van der Waals surface area contributed by atoms with E-state index in [0.29, 0.717) is 28.9 Å². The number of nitrogens with one attached hydrogen (secondary N) is 1. The first-order valence-corrected chi connectivity index (χ1v) is 8.90. The van der Waals surface area contributed by atoms with E-state index in [9.17, 15) is 22.4 Å². The van der Waals surface area contributed by atoms with Crippen LogP contribution < -0.4 is 5.32 Å². The lowest BCUT2D eigenvalue weighted by Crippen LogP contribution is -2.24. The lowest BCUT2D eigenvalue weighted by atomic mass is 9.82. The van der Waals surface area contributed by atoms with Crippen LogP contribution in [-0.2, 0) is 11.3 Å². The standard InChI is InChI=1S/C19H20F4N4O/c1-2-17(28)24-11-14-9-13(12-3-6-19(22,23)7-4-12)10-16(25-14)15-5-8-27(26-15)18(20)21/h2,5,8-10,12,18H,1,3-4,6-7,11H2,(H,24,28). The van der Waals surface area contributed by atoms with Gasteiger partial charge in [-0.1, -0.05) is 6.58 Å². The van der Waals surface area contributed by atoms with Crippen LogP contribution in [0.4, 0.5) is 17.6 Å². The average molecular weight is 396 g/mol. The molecule has 0 atom stereocenters. The maximum atomic E-state index is 13.5. The fraction of sp³-hybridized carbons (Fsp3) is 0.421. The topological polar surface area (TPSA) is 59.8 Å². The Morgan fingerprint density at radius 1 is 1.32 bits per heavy atom. The summed E-state index contributed by atoms with van der Waals surface area (Å²) in [6.07, 6.45) is 2.52. The third-order valence-corrected chi connectivity index (χ3v) is 4.79. The summed E-state index contributed by atoms with van der Waals surface area (Å²) in [6, 6.07) is 4.87. The van der Waals surface area contributed by atoms with Gasteiger partial charge in [0.2, 0.25) is 11.8 Å². The third kappa shape index (κ3) is 4.76. The van der Waals surface area contributed by atoms with Crippen LogP contribution in [0.1, 0.15) is 49.4 Å². The first-order chi connectivity index (χ1) is 13.3. The zero-order chi connectivity index (χ0) is 20.3. The van der Waals surface area contributed by atoms with Crippen molar-refractivity contribution in [3.63, 3.8) is 0 Å². The molecule has 0 unspecified atom stereocenters. The summed E-state index contributed by atoms with van der Waals surface area (Å²) in [5.74, 6) is -3.12. The molecule has 1 N–H and O–H groups in total. The largest absolute Gasteiger partial charge is 0.347 e. The molecule has 150 valence electrons. The SMILES string of the molecule is C=CC(=O)NCc1cc(C2CCC(F)(F)CC2)cc(-c2ccn(C(F)F)n2)n1. The van der Waals surface area contributed by atoms with Gasteiger partial charge in [0, 0.05) is 19.0 Å². The lowest BCUT2D eigenvalue weighted by Gasteiger charge is -2.28. The molecule has 1 aliphatic rings. The van der Waals surface area contributed by atoms with Gasteiger partial charge in [0.25, 0.3) is 0 Å². The Labute approximate surface area is 159 Å². The molecule has 0 spiro atoms. The Hall–Kier alpha value is -2.71. The first-order valence-electron chi connectivity index (χ1n) is 8.90. The predicted octanol–water partition coefficient (Wildman–Crippen LogP) is 4.44. The number of nitrogens with zero attached hydrogens (tertiary/aromatic N) is 3. The van der Waals surface area contributed by atoms with E-state index in [2.05, 4.69) is 22.0 Å². The second-order valence-electron chi connectivity index (χ2n) is 6.79. The molecule has 1 fully saturated rings. The van der Waals surface area contributed by atoms with Crippen LogP contribution in [0.3, 0.4) is 0 Å². The Kier molecular flexibility index (Phi) is 5.81. The minimum atomic E-state index is -2.77. The van der Waals surface area contributed by atoms with Crippen molar-refractivity contribution in [2.75, 3.05) is 0 Å². The number of carbonyl (C=O) groups excluding carboxylic acids is 1. The summed E-state index contributed by atoms with van der Waals surface area (Å²) >= 11 is 0. The van der Waals surface area contributed by atoms with E-state index in [4.69, 9.17) is 0 Å². The molecule has 9 heteroatoms. The van der Waals surface area contributed by atoms with Gasteiger partial charge in [-0.15, -0.1) is 0 Å². The van der Waals surface area contributed by atoms with Crippen molar-refractivity contribution in [2.24, 2.45) is 0 Å². The van der Waals surface area contributed by atoms with Crippen molar-refractivity contribution in [3.8, 4) is 11.4 Å². The van der Waals surface area contributed by atoms with Gasteiger partial charge in [-0.25, -0.2) is 18.4 Å². The summed E-state index contributed by atoms with van der Waals surface area (Å²) in [6.45, 7) is 0.702. The van der Waals surface area contributed by atoms with E-state index in [1.807, 2.05) is 0 Å². The van der Waals surface area contributed by atoms with Gasteiger partial charge in [0.05, 0.1) is 17.9 Å². The number of hydrogen-bond acceptors (Lipinski definition) is 3. The molecule has 5 nitrogen and oxygen atoms in total. The van der Waals surface area contributed by atoms with Crippen LogP contribution >= 0.6 is 0 Å². The van der Waals surface area contributed by atoms with E-state index < -0.39 is 12.5 Å². The number of rotatable bonds is 6. The summed E-state index contributed by atoms with van der Waals surface area (Å²) in [5, 5.41) is 6.43. The number of amides is 1. The summed E-state index contributed by atoms with van der Waals surface area (Å²) < 4.78 is 53.1. The van der Waals surface area contributed by atoms with Crippen LogP contribution in [0, 0.1) is 0 Å². The Balaban J connectivity index is 1.91. The second-order valence-corrected chi connectivity index (χ2v) is 6.79. The molecule has 0 bridgehead atoms. The van der Waals surface area contributed by atoms with E-state index in [1.54, 1.807) is 12.1 Å². The molecule has 0 radical (unpaired) electrons. The number of halogens is 4. The van der Waals surface area contributed by atoms with Gasteiger partial charge in [0.1, 0.15) is 5.69 Å². The highest BCUT2D eigenvalue weighted by atomic mass is 19.3. The minimum absolute atomic E-state index is 0.0904. The van der Waals surface area contributed by atoms with Crippen molar-refractivity contribution in [3.05, 3.63) is 48.3 Å². The quantitative estimate of drug-likeness (QED) is 0.580. The minimum Gasteiger partial charge on any atom is -0.347 e. The van der Waals surface area contributed by atoms with E-state index >= 15 is 0 Å². The molecule has 28 heavy (non-hydrogen) atoms. The predicted molar refractivity (Wildman–Crippen MR) is 94.9 cm³/mol. The normalized spacial score (nSPS) is 16.9. The molecular weight excluding hydrogens is 376 g/mol. The molecule has 0 saturated heterocycles. The summed E-state index contributed by atoms with van der Waals surface area (Å²) in [7, 11) is 0. The van der Waals surface area contributed by atoms with Crippen molar-refractivity contribution in [1.29, 1.82) is 0 Å². The summed E-state index contributed by atoms with van der Waals surface area (Å²) in [5.41, 5.74) is 1.89. The van der Waals surface area contributed by atoms with Crippen molar-refractivity contribution < 1.29 is 22.4 Å². The highest BCUT2D eigenvalue weighted by molar-refractivity contribution is 5.86. The van der Waals surface area contributed by atoms with Gasteiger partial charge < -0.3 is 5.32 Å². The molecule has 3 rings (SSSR count). The molecule has 0 aliphatic heterocycles. The average Bonchev–Trinajstić information content (AvgIpc) is 3.16. The highest BCUT2D eigenvalue weighted by Crippen LogP contribution is 2.41. The maximum absolute atomic E-state index is 13.5. The van der Waals surface area contributed by atoms with E-state index in [-0.39, 0.29) is 36.9 Å². The number of alkyl halides is 4.